The lowest BCUT2D eigenvalue weighted by atomic mass is 10.2. The van der Waals surface area contributed by atoms with E-state index in [9.17, 15) is 4.79 Å². The fraction of sp³-hybridized carbons (Fsp3) is 0.0435. The molecule has 10 heteroatoms. The van der Waals surface area contributed by atoms with Crippen molar-refractivity contribution in [3.8, 4) is 17.1 Å². The molecule has 0 aliphatic rings. The van der Waals surface area contributed by atoms with E-state index in [4.69, 9.17) is 23.2 Å². The number of amides is 1. The minimum atomic E-state index is -0.275. The van der Waals surface area contributed by atoms with E-state index in [2.05, 4.69) is 36.7 Å². The molecule has 0 fully saturated rings. The number of carbonyl (C=O) groups is 1. The highest BCUT2D eigenvalue weighted by Gasteiger charge is 2.17. The van der Waals surface area contributed by atoms with Crippen LogP contribution in [0, 0.1) is 0 Å². The molecular formula is C23H16BrCl2N5OS. The number of hydrogen-bond donors (Lipinski definition) is 1. The highest BCUT2D eigenvalue weighted by atomic mass is 79.9. The number of nitrogens with one attached hydrogen (secondary N) is 1. The number of nitrogens with zero attached hydrogens (tertiary/aromatic N) is 4. The van der Waals surface area contributed by atoms with Gasteiger partial charge in [0.2, 0.25) is 0 Å². The van der Waals surface area contributed by atoms with E-state index in [0.29, 0.717) is 21.0 Å². The minimum Gasteiger partial charge on any atom is -0.272 e. The van der Waals surface area contributed by atoms with Crippen LogP contribution in [0.5, 0.6) is 0 Å². The van der Waals surface area contributed by atoms with Crippen LogP contribution >= 0.6 is 50.9 Å². The van der Waals surface area contributed by atoms with Crippen LogP contribution in [0.3, 0.4) is 0 Å². The van der Waals surface area contributed by atoms with Crippen molar-refractivity contribution in [2.24, 2.45) is 5.10 Å². The van der Waals surface area contributed by atoms with Crippen LogP contribution in [-0.4, -0.2) is 32.6 Å². The molecule has 4 rings (SSSR count). The van der Waals surface area contributed by atoms with E-state index >= 15 is 0 Å². The monoisotopic (exact) mass is 559 g/mol. The van der Waals surface area contributed by atoms with Crippen molar-refractivity contribution in [1.82, 2.24) is 20.2 Å². The standard InChI is InChI=1S/C23H16BrCl2N5OS/c24-17-7-9-18(10-8-17)31-22(16-4-2-1-3-5-16)29-30-23(31)33-14-21(32)28-27-13-15-6-11-19(25)20(26)12-15/h1-13H,14H2,(H,28,32)/b27-13-. The molecule has 0 atom stereocenters. The van der Waals surface area contributed by atoms with E-state index in [0.717, 1.165) is 21.3 Å². The molecule has 0 unspecified atom stereocenters. The first kappa shape index (κ1) is 23.5. The van der Waals surface area contributed by atoms with Gasteiger partial charge < -0.3 is 0 Å². The Balaban J connectivity index is 1.49. The van der Waals surface area contributed by atoms with E-state index in [1.807, 2.05) is 59.2 Å². The molecule has 1 aromatic heterocycles. The first-order chi connectivity index (χ1) is 16.0. The molecule has 0 radical (unpaired) electrons. The molecule has 1 heterocycles. The van der Waals surface area contributed by atoms with Crippen LogP contribution in [0.4, 0.5) is 0 Å². The largest absolute Gasteiger partial charge is 0.272 e. The maximum absolute atomic E-state index is 12.3. The number of hydrogen-bond acceptors (Lipinski definition) is 5. The van der Waals surface area contributed by atoms with Gasteiger partial charge in [-0.1, -0.05) is 87.3 Å². The van der Waals surface area contributed by atoms with Gasteiger partial charge in [-0.15, -0.1) is 10.2 Å². The Kier molecular flexibility index (Phi) is 7.82. The van der Waals surface area contributed by atoms with Crippen LogP contribution in [0.2, 0.25) is 10.0 Å². The summed E-state index contributed by atoms with van der Waals surface area (Å²) in [5.74, 6) is 0.531. The molecule has 0 saturated heterocycles. The van der Waals surface area contributed by atoms with Crippen LogP contribution in [0.1, 0.15) is 5.56 Å². The second-order valence-electron chi connectivity index (χ2n) is 6.74. The van der Waals surface area contributed by atoms with Gasteiger partial charge in [0.15, 0.2) is 11.0 Å². The number of aromatic nitrogens is 3. The smallest absolute Gasteiger partial charge is 0.250 e. The minimum absolute atomic E-state index is 0.113. The van der Waals surface area contributed by atoms with Gasteiger partial charge in [0.1, 0.15) is 0 Å². The quantitative estimate of drug-likeness (QED) is 0.165. The maximum Gasteiger partial charge on any atom is 0.250 e. The molecule has 0 saturated carbocycles. The molecule has 4 aromatic rings. The fourth-order valence-corrected chi connectivity index (χ4v) is 4.21. The van der Waals surface area contributed by atoms with Crippen LogP contribution in [0.15, 0.2) is 87.5 Å². The molecular weight excluding hydrogens is 545 g/mol. The lowest BCUT2D eigenvalue weighted by Crippen LogP contribution is -2.20. The van der Waals surface area contributed by atoms with Crippen molar-refractivity contribution in [2.75, 3.05) is 5.75 Å². The highest BCUT2D eigenvalue weighted by molar-refractivity contribution is 9.10. The molecule has 0 bridgehead atoms. The summed E-state index contributed by atoms with van der Waals surface area (Å²) < 4.78 is 2.90. The van der Waals surface area contributed by atoms with Crippen molar-refractivity contribution in [3.63, 3.8) is 0 Å². The van der Waals surface area contributed by atoms with Crippen LogP contribution in [0.25, 0.3) is 17.1 Å². The summed E-state index contributed by atoms with van der Waals surface area (Å²) in [6.07, 6.45) is 1.50. The van der Waals surface area contributed by atoms with Gasteiger partial charge in [-0.2, -0.15) is 5.10 Å². The van der Waals surface area contributed by atoms with Crippen molar-refractivity contribution in [2.45, 2.75) is 5.16 Å². The first-order valence-electron chi connectivity index (χ1n) is 9.68. The zero-order chi connectivity index (χ0) is 23.2. The number of benzene rings is 3. The Morgan fingerprint density at radius 3 is 2.52 bits per heavy atom. The maximum atomic E-state index is 12.3. The molecule has 3 aromatic carbocycles. The van der Waals surface area contributed by atoms with E-state index in [1.165, 1.54) is 18.0 Å². The second-order valence-corrected chi connectivity index (χ2v) is 9.41. The van der Waals surface area contributed by atoms with Gasteiger partial charge in [-0.05, 0) is 42.0 Å². The molecule has 6 nitrogen and oxygen atoms in total. The summed E-state index contributed by atoms with van der Waals surface area (Å²) in [6, 6.07) is 22.7. The third kappa shape index (κ3) is 6.03. The zero-order valence-electron chi connectivity index (χ0n) is 17.0. The lowest BCUT2D eigenvalue weighted by Gasteiger charge is -2.10. The van der Waals surface area contributed by atoms with Crippen molar-refractivity contribution in [3.05, 3.63) is 92.9 Å². The molecule has 1 amide bonds. The SMILES string of the molecule is O=C(CSc1nnc(-c2ccccc2)n1-c1ccc(Br)cc1)N/N=C\c1ccc(Cl)c(Cl)c1. The predicted octanol–water partition coefficient (Wildman–Crippen LogP) is 6.25. The highest BCUT2D eigenvalue weighted by Crippen LogP contribution is 2.28. The number of carbonyl (C=O) groups excluding carboxylic acids is 1. The Hall–Kier alpha value is -2.65. The van der Waals surface area contributed by atoms with E-state index < -0.39 is 0 Å². The van der Waals surface area contributed by atoms with Crippen LogP contribution < -0.4 is 5.43 Å². The summed E-state index contributed by atoms with van der Waals surface area (Å²) in [5, 5.41) is 14.2. The Bertz CT molecular complexity index is 1300. The summed E-state index contributed by atoms with van der Waals surface area (Å²) >= 11 is 16.6. The zero-order valence-corrected chi connectivity index (χ0v) is 20.9. The number of halogens is 3. The number of thioether (sulfide) groups is 1. The molecule has 166 valence electrons. The summed E-state index contributed by atoms with van der Waals surface area (Å²) in [4.78, 5) is 12.3. The topological polar surface area (TPSA) is 72.2 Å². The van der Waals surface area contributed by atoms with Crippen molar-refractivity contribution < 1.29 is 4.79 Å². The number of hydrazone groups is 1. The normalized spacial score (nSPS) is 11.1. The Morgan fingerprint density at radius 1 is 1.03 bits per heavy atom. The van der Waals surface area contributed by atoms with Gasteiger partial charge in [0.25, 0.3) is 5.91 Å². The van der Waals surface area contributed by atoms with Crippen molar-refractivity contribution >= 4 is 63.0 Å². The predicted molar refractivity (Wildman–Crippen MR) is 137 cm³/mol. The first-order valence-corrected chi connectivity index (χ1v) is 12.2. The summed E-state index contributed by atoms with van der Waals surface area (Å²) in [7, 11) is 0. The molecule has 0 aliphatic heterocycles. The van der Waals surface area contributed by atoms with Gasteiger partial charge in [0.05, 0.1) is 22.0 Å². The lowest BCUT2D eigenvalue weighted by molar-refractivity contribution is -0.118. The number of rotatable bonds is 7. The molecule has 0 spiro atoms. The third-order valence-electron chi connectivity index (χ3n) is 4.43. The Labute approximate surface area is 213 Å². The van der Waals surface area contributed by atoms with E-state index in [-0.39, 0.29) is 11.7 Å². The van der Waals surface area contributed by atoms with E-state index in [1.54, 1.807) is 18.2 Å². The van der Waals surface area contributed by atoms with Crippen molar-refractivity contribution in [1.29, 1.82) is 0 Å². The summed E-state index contributed by atoms with van der Waals surface area (Å²) in [5.41, 5.74) is 5.05. The molecule has 1 N–H and O–H groups in total. The molecule has 33 heavy (non-hydrogen) atoms. The van der Waals surface area contributed by atoms with Gasteiger partial charge in [-0.25, -0.2) is 5.43 Å². The fourth-order valence-electron chi connectivity index (χ4n) is 2.89. The molecule has 0 aliphatic carbocycles. The average Bonchev–Trinajstić information content (AvgIpc) is 3.25. The Morgan fingerprint density at radius 2 is 1.79 bits per heavy atom. The average molecular weight is 561 g/mol. The van der Waals surface area contributed by atoms with Gasteiger partial charge in [-0.3, -0.25) is 9.36 Å². The van der Waals surface area contributed by atoms with Crippen LogP contribution in [-0.2, 0) is 4.79 Å². The third-order valence-corrected chi connectivity index (χ3v) is 6.63. The summed E-state index contributed by atoms with van der Waals surface area (Å²) in [6.45, 7) is 0. The van der Waals surface area contributed by atoms with Gasteiger partial charge >= 0.3 is 0 Å². The second kappa shape index (κ2) is 11.0. The van der Waals surface area contributed by atoms with Gasteiger partial charge in [0, 0.05) is 15.7 Å².